The number of ether oxygens (including phenoxy) is 1. The molecular weight excluding hydrogens is 462 g/mol. The fourth-order valence-electron chi connectivity index (χ4n) is 5.63. The largest absolute Gasteiger partial charge is 0.443 e. The fraction of sp³-hybridized carbons (Fsp3) is 0.520. The standard InChI is InChI=1S/C25H29ClF2N4O2/c1-25(2,3)34-24(33)31(5)18-9-16(27)22(28)20-14(18)8-17-21(20)23(15(26)10-29-17)32-7-6-13-11-30(4)12-19(13)32/h9-10,13,19H,6-8,11-12H2,1-5H3/t13-,19+/m1/s1. The number of amides is 1. The van der Waals surface area contributed by atoms with Gasteiger partial charge in [0, 0.05) is 62.5 Å². The van der Waals surface area contributed by atoms with E-state index < -0.39 is 23.3 Å². The maximum absolute atomic E-state index is 15.4. The summed E-state index contributed by atoms with van der Waals surface area (Å²) in [6.07, 6.45) is 2.25. The van der Waals surface area contributed by atoms with E-state index in [2.05, 4.69) is 21.8 Å². The predicted molar refractivity (Wildman–Crippen MR) is 129 cm³/mol. The molecule has 2 aliphatic heterocycles. The number of hydrogen-bond donors (Lipinski definition) is 0. The van der Waals surface area contributed by atoms with Crippen molar-refractivity contribution in [3.8, 4) is 11.1 Å². The van der Waals surface area contributed by atoms with Gasteiger partial charge >= 0.3 is 6.09 Å². The molecule has 3 heterocycles. The molecule has 182 valence electrons. The number of carbonyl (C=O) groups is 1. The molecule has 9 heteroatoms. The van der Waals surface area contributed by atoms with Crippen molar-refractivity contribution in [1.82, 2.24) is 9.88 Å². The van der Waals surface area contributed by atoms with E-state index in [0.29, 0.717) is 33.4 Å². The highest BCUT2D eigenvalue weighted by Crippen LogP contribution is 2.51. The minimum Gasteiger partial charge on any atom is -0.443 e. The fourth-order valence-corrected chi connectivity index (χ4v) is 5.88. The van der Waals surface area contributed by atoms with Crippen LogP contribution >= 0.6 is 11.6 Å². The summed E-state index contributed by atoms with van der Waals surface area (Å²) < 4.78 is 35.8. The minimum absolute atomic E-state index is 0.139. The van der Waals surface area contributed by atoms with Crippen LogP contribution in [0, 0.1) is 17.6 Å². The monoisotopic (exact) mass is 490 g/mol. The highest BCUT2D eigenvalue weighted by atomic mass is 35.5. The van der Waals surface area contributed by atoms with Gasteiger partial charge in [-0.3, -0.25) is 9.88 Å². The molecule has 2 aromatic rings. The van der Waals surface area contributed by atoms with Crippen molar-refractivity contribution in [1.29, 1.82) is 0 Å². The highest BCUT2D eigenvalue weighted by Gasteiger charge is 2.43. The third-order valence-electron chi connectivity index (χ3n) is 7.03. The van der Waals surface area contributed by atoms with Crippen molar-refractivity contribution in [2.75, 3.05) is 43.5 Å². The Kier molecular flexibility index (Phi) is 5.52. The lowest BCUT2D eigenvalue weighted by molar-refractivity contribution is 0.0589. The molecule has 0 saturated carbocycles. The third-order valence-corrected chi connectivity index (χ3v) is 7.31. The van der Waals surface area contributed by atoms with Gasteiger partial charge in [-0.15, -0.1) is 0 Å². The molecule has 2 atom stereocenters. The number of benzene rings is 1. The molecule has 2 saturated heterocycles. The second-order valence-corrected chi connectivity index (χ2v) is 11.0. The van der Waals surface area contributed by atoms with Crippen LogP contribution in [0.5, 0.6) is 0 Å². The number of nitrogens with zero attached hydrogens (tertiary/aromatic N) is 4. The Hall–Kier alpha value is -2.45. The summed E-state index contributed by atoms with van der Waals surface area (Å²) in [5, 5.41) is 0.424. The second-order valence-electron chi connectivity index (χ2n) is 10.6. The van der Waals surface area contributed by atoms with Crippen molar-refractivity contribution in [3.05, 3.63) is 40.2 Å². The first-order chi connectivity index (χ1) is 16.0. The minimum atomic E-state index is -1.03. The zero-order chi connectivity index (χ0) is 24.5. The van der Waals surface area contributed by atoms with E-state index in [0.717, 1.165) is 32.1 Å². The molecule has 5 rings (SSSR count). The van der Waals surface area contributed by atoms with Gasteiger partial charge in [-0.2, -0.15) is 0 Å². The molecule has 3 aliphatic rings. The summed E-state index contributed by atoms with van der Waals surface area (Å²) in [5.74, 6) is -1.46. The van der Waals surface area contributed by atoms with E-state index in [4.69, 9.17) is 16.3 Å². The Morgan fingerprint density at radius 3 is 2.71 bits per heavy atom. The molecule has 0 radical (unpaired) electrons. The third kappa shape index (κ3) is 3.71. The number of likely N-dealkylation sites (tertiary alicyclic amines) is 1. The van der Waals surface area contributed by atoms with E-state index in [1.165, 1.54) is 11.9 Å². The number of halogens is 3. The van der Waals surface area contributed by atoms with Crippen LogP contribution in [-0.4, -0.2) is 61.3 Å². The van der Waals surface area contributed by atoms with E-state index in [9.17, 15) is 9.18 Å². The van der Waals surface area contributed by atoms with Crippen molar-refractivity contribution < 1.29 is 18.3 Å². The summed E-state index contributed by atoms with van der Waals surface area (Å²) >= 11 is 6.68. The summed E-state index contributed by atoms with van der Waals surface area (Å²) in [7, 11) is 3.60. The first-order valence-electron chi connectivity index (χ1n) is 11.6. The van der Waals surface area contributed by atoms with Crippen LogP contribution in [0.2, 0.25) is 5.02 Å². The molecule has 1 aliphatic carbocycles. The molecule has 6 nitrogen and oxygen atoms in total. The SMILES string of the molecule is CN1C[C@H]2CCN(c3c(Cl)cnc4c3-c3c(F)c(F)cc(N(C)C(=O)OC(C)(C)C)c3C4)[C@H]2C1. The normalized spacial score (nSPS) is 21.5. The summed E-state index contributed by atoms with van der Waals surface area (Å²) in [6, 6.07) is 1.32. The molecule has 2 fully saturated rings. The molecule has 34 heavy (non-hydrogen) atoms. The summed E-state index contributed by atoms with van der Waals surface area (Å²) in [5.41, 5.74) is 2.07. The molecule has 0 unspecified atom stereocenters. The quantitative estimate of drug-likeness (QED) is 0.500. The average Bonchev–Trinajstić information content (AvgIpc) is 3.41. The molecular formula is C25H29ClF2N4O2. The Balaban J connectivity index is 1.64. The first kappa shape index (κ1) is 23.3. The zero-order valence-corrected chi connectivity index (χ0v) is 20.8. The lowest BCUT2D eigenvalue weighted by Crippen LogP contribution is -2.35. The number of likely N-dealkylation sites (N-methyl/N-ethyl adjacent to an activating group) is 1. The van der Waals surface area contributed by atoms with Gasteiger partial charge in [0.2, 0.25) is 0 Å². The zero-order valence-electron chi connectivity index (χ0n) is 20.1. The molecule has 1 aromatic heterocycles. The number of anilines is 2. The van der Waals surface area contributed by atoms with E-state index >= 15 is 4.39 Å². The smallest absolute Gasteiger partial charge is 0.414 e. The van der Waals surface area contributed by atoms with Gasteiger partial charge < -0.3 is 14.5 Å². The maximum Gasteiger partial charge on any atom is 0.414 e. The lowest BCUT2D eigenvalue weighted by Gasteiger charge is -2.29. The average molecular weight is 491 g/mol. The Morgan fingerprint density at radius 1 is 1.26 bits per heavy atom. The van der Waals surface area contributed by atoms with Crippen molar-refractivity contribution in [2.24, 2.45) is 5.92 Å². The van der Waals surface area contributed by atoms with Crippen LogP contribution in [0.4, 0.5) is 25.0 Å². The number of rotatable bonds is 2. The van der Waals surface area contributed by atoms with Crippen LogP contribution in [0.3, 0.4) is 0 Å². The Bertz CT molecular complexity index is 1180. The van der Waals surface area contributed by atoms with Gasteiger partial charge in [0.05, 0.1) is 22.1 Å². The second kappa shape index (κ2) is 8.05. The number of hydrogen-bond acceptors (Lipinski definition) is 5. The van der Waals surface area contributed by atoms with Crippen molar-refractivity contribution in [3.63, 3.8) is 0 Å². The number of fused-ring (bicyclic) bond motifs is 4. The van der Waals surface area contributed by atoms with Crippen LogP contribution in [-0.2, 0) is 11.2 Å². The topological polar surface area (TPSA) is 48.9 Å². The Labute approximate surface area is 203 Å². The first-order valence-corrected chi connectivity index (χ1v) is 11.9. The number of aromatic nitrogens is 1. The van der Waals surface area contributed by atoms with E-state index in [-0.39, 0.29) is 23.7 Å². The molecule has 0 bridgehead atoms. The van der Waals surface area contributed by atoms with E-state index in [1.54, 1.807) is 27.0 Å². The van der Waals surface area contributed by atoms with Gasteiger partial charge in [-0.1, -0.05) is 11.6 Å². The molecule has 0 spiro atoms. The predicted octanol–water partition coefficient (Wildman–Crippen LogP) is 5.10. The summed E-state index contributed by atoms with van der Waals surface area (Å²) in [4.78, 5) is 23.0. The van der Waals surface area contributed by atoms with Gasteiger partial charge in [-0.05, 0) is 45.7 Å². The van der Waals surface area contributed by atoms with Gasteiger partial charge in [0.15, 0.2) is 11.6 Å². The highest BCUT2D eigenvalue weighted by molar-refractivity contribution is 6.34. The van der Waals surface area contributed by atoms with Crippen LogP contribution < -0.4 is 9.80 Å². The maximum atomic E-state index is 15.4. The van der Waals surface area contributed by atoms with Crippen LogP contribution in [0.25, 0.3) is 11.1 Å². The van der Waals surface area contributed by atoms with Crippen molar-refractivity contribution >= 4 is 29.1 Å². The summed E-state index contributed by atoms with van der Waals surface area (Å²) in [6.45, 7) is 7.97. The van der Waals surface area contributed by atoms with Crippen LogP contribution in [0.15, 0.2) is 12.3 Å². The van der Waals surface area contributed by atoms with Gasteiger partial charge in [-0.25, -0.2) is 13.6 Å². The van der Waals surface area contributed by atoms with Gasteiger partial charge in [0.25, 0.3) is 0 Å². The van der Waals surface area contributed by atoms with Crippen molar-refractivity contribution in [2.45, 2.75) is 45.3 Å². The Morgan fingerprint density at radius 2 is 2.00 bits per heavy atom. The number of pyridine rings is 1. The molecule has 1 amide bonds. The van der Waals surface area contributed by atoms with Gasteiger partial charge in [0.1, 0.15) is 5.60 Å². The number of carbonyl (C=O) groups excluding carboxylic acids is 1. The molecule has 0 N–H and O–H groups in total. The van der Waals surface area contributed by atoms with E-state index in [1.807, 2.05) is 0 Å². The van der Waals surface area contributed by atoms with Crippen LogP contribution in [0.1, 0.15) is 38.4 Å². The molecule has 1 aromatic carbocycles. The lowest BCUT2D eigenvalue weighted by atomic mass is 10.0.